The fourth-order valence-electron chi connectivity index (χ4n) is 1.92. The van der Waals surface area contributed by atoms with Crippen LogP contribution in [0.5, 0.6) is 11.5 Å². The number of nitrogens with two attached hydrogens (primary N) is 1. The molecule has 2 N–H and O–H groups in total. The van der Waals surface area contributed by atoms with Gasteiger partial charge >= 0.3 is 0 Å². The quantitative estimate of drug-likeness (QED) is 0.912. The lowest BCUT2D eigenvalue weighted by Gasteiger charge is -2.15. The first-order valence-corrected chi connectivity index (χ1v) is 6.35. The van der Waals surface area contributed by atoms with Crippen molar-refractivity contribution in [3.8, 4) is 11.5 Å². The Labute approximate surface area is 114 Å². The second-order valence-electron chi connectivity index (χ2n) is 4.81. The molecule has 0 heterocycles. The largest absolute Gasteiger partial charge is 0.457 e. The third-order valence-electron chi connectivity index (χ3n) is 3.00. The van der Waals surface area contributed by atoms with Crippen molar-refractivity contribution in [2.45, 2.75) is 13.5 Å². The fourth-order valence-corrected chi connectivity index (χ4v) is 1.92. The second-order valence-corrected chi connectivity index (χ2v) is 4.81. The van der Waals surface area contributed by atoms with Crippen LogP contribution in [0, 0.1) is 6.92 Å². The highest BCUT2D eigenvalue weighted by molar-refractivity contribution is 5.51. The van der Waals surface area contributed by atoms with Gasteiger partial charge in [-0.2, -0.15) is 0 Å². The van der Waals surface area contributed by atoms with Gasteiger partial charge in [0.15, 0.2) is 0 Å². The Hall–Kier alpha value is -2.00. The molecule has 0 atom stereocenters. The smallest absolute Gasteiger partial charge is 0.131 e. The van der Waals surface area contributed by atoms with Gasteiger partial charge in [-0.05, 0) is 25.1 Å². The summed E-state index contributed by atoms with van der Waals surface area (Å²) in [4.78, 5) is 2.05. The van der Waals surface area contributed by atoms with Gasteiger partial charge in [0.2, 0.25) is 0 Å². The highest BCUT2D eigenvalue weighted by atomic mass is 16.5. The third-order valence-corrected chi connectivity index (χ3v) is 3.00. The van der Waals surface area contributed by atoms with E-state index < -0.39 is 0 Å². The molecule has 0 saturated carbocycles. The topological polar surface area (TPSA) is 38.5 Å². The van der Waals surface area contributed by atoms with Gasteiger partial charge in [0.1, 0.15) is 11.5 Å². The normalized spacial score (nSPS) is 10.3. The molecule has 0 spiro atoms. The molecule has 0 saturated heterocycles. The molecular formula is C16H20N2O. The standard InChI is InChI=1S/C16H20N2O/c1-12-7-8-16(13(9-12)11-17)19-15-6-4-5-14(10-15)18(2)3/h4-10H,11,17H2,1-3H3. The van der Waals surface area contributed by atoms with Crippen LogP contribution in [0.1, 0.15) is 11.1 Å². The molecule has 0 aliphatic carbocycles. The number of benzene rings is 2. The molecule has 0 aromatic heterocycles. The molecular weight excluding hydrogens is 236 g/mol. The molecule has 2 rings (SSSR count). The lowest BCUT2D eigenvalue weighted by atomic mass is 10.1. The van der Waals surface area contributed by atoms with Crippen molar-refractivity contribution >= 4 is 5.69 Å². The second kappa shape index (κ2) is 5.76. The minimum Gasteiger partial charge on any atom is -0.457 e. The average molecular weight is 256 g/mol. The van der Waals surface area contributed by atoms with Gasteiger partial charge < -0.3 is 15.4 Å². The van der Waals surface area contributed by atoms with Crippen molar-refractivity contribution in [1.82, 2.24) is 0 Å². The summed E-state index contributed by atoms with van der Waals surface area (Å²) in [6.45, 7) is 2.53. The average Bonchev–Trinajstić information content (AvgIpc) is 2.41. The van der Waals surface area contributed by atoms with E-state index in [-0.39, 0.29) is 0 Å². The molecule has 3 nitrogen and oxygen atoms in total. The SMILES string of the molecule is Cc1ccc(Oc2cccc(N(C)C)c2)c(CN)c1. The Balaban J connectivity index is 2.28. The monoisotopic (exact) mass is 256 g/mol. The van der Waals surface area contributed by atoms with E-state index in [2.05, 4.69) is 13.0 Å². The van der Waals surface area contributed by atoms with E-state index in [0.29, 0.717) is 6.54 Å². The first-order chi connectivity index (χ1) is 9.10. The number of rotatable bonds is 4. The molecule has 0 aliphatic rings. The van der Waals surface area contributed by atoms with Crippen LogP contribution in [0.15, 0.2) is 42.5 Å². The van der Waals surface area contributed by atoms with Gasteiger partial charge in [-0.25, -0.2) is 0 Å². The highest BCUT2D eigenvalue weighted by Crippen LogP contribution is 2.28. The van der Waals surface area contributed by atoms with Crippen LogP contribution in [-0.4, -0.2) is 14.1 Å². The molecule has 3 heteroatoms. The molecule has 0 radical (unpaired) electrons. The van der Waals surface area contributed by atoms with Gasteiger partial charge in [0, 0.05) is 38.0 Å². The van der Waals surface area contributed by atoms with Crippen LogP contribution in [0.3, 0.4) is 0 Å². The lowest BCUT2D eigenvalue weighted by Crippen LogP contribution is -2.08. The van der Waals surface area contributed by atoms with Gasteiger partial charge in [-0.3, -0.25) is 0 Å². The predicted octanol–water partition coefficient (Wildman–Crippen LogP) is 3.31. The minimum atomic E-state index is 0.477. The van der Waals surface area contributed by atoms with Crippen molar-refractivity contribution in [3.63, 3.8) is 0 Å². The summed E-state index contributed by atoms with van der Waals surface area (Å²) in [5.41, 5.74) is 9.09. The van der Waals surface area contributed by atoms with E-state index in [1.165, 1.54) is 5.56 Å². The molecule has 0 amide bonds. The van der Waals surface area contributed by atoms with Crippen molar-refractivity contribution in [1.29, 1.82) is 0 Å². The van der Waals surface area contributed by atoms with E-state index in [0.717, 1.165) is 22.7 Å². The third kappa shape index (κ3) is 3.26. The van der Waals surface area contributed by atoms with Crippen molar-refractivity contribution in [3.05, 3.63) is 53.6 Å². The number of nitrogens with zero attached hydrogens (tertiary/aromatic N) is 1. The summed E-state index contributed by atoms with van der Waals surface area (Å²) in [5, 5.41) is 0. The summed E-state index contributed by atoms with van der Waals surface area (Å²) in [7, 11) is 4.02. The predicted molar refractivity (Wildman–Crippen MR) is 79.9 cm³/mol. The number of hydrogen-bond donors (Lipinski definition) is 1. The Kier molecular flexibility index (Phi) is 4.07. The highest BCUT2D eigenvalue weighted by Gasteiger charge is 2.05. The molecule has 2 aromatic rings. The number of anilines is 1. The maximum atomic E-state index is 5.94. The van der Waals surface area contributed by atoms with Crippen LogP contribution in [0.2, 0.25) is 0 Å². The van der Waals surface area contributed by atoms with E-state index in [9.17, 15) is 0 Å². The van der Waals surface area contributed by atoms with Crippen LogP contribution in [0.4, 0.5) is 5.69 Å². The Morgan fingerprint density at radius 2 is 1.89 bits per heavy atom. The summed E-state index contributed by atoms with van der Waals surface area (Å²) in [6, 6.07) is 14.1. The lowest BCUT2D eigenvalue weighted by molar-refractivity contribution is 0.476. The summed E-state index contributed by atoms with van der Waals surface area (Å²) in [6.07, 6.45) is 0. The van der Waals surface area contributed by atoms with E-state index in [4.69, 9.17) is 10.5 Å². The number of hydrogen-bond acceptors (Lipinski definition) is 3. The molecule has 0 bridgehead atoms. The van der Waals surface area contributed by atoms with E-state index in [1.807, 2.05) is 55.4 Å². The van der Waals surface area contributed by atoms with E-state index in [1.54, 1.807) is 0 Å². The number of ether oxygens (including phenoxy) is 1. The molecule has 0 aliphatic heterocycles. The zero-order valence-corrected chi connectivity index (χ0v) is 11.7. The summed E-state index contributed by atoms with van der Waals surface area (Å²) in [5.74, 6) is 1.65. The number of aryl methyl sites for hydroxylation is 1. The van der Waals surface area contributed by atoms with Crippen molar-refractivity contribution in [2.24, 2.45) is 5.73 Å². The molecule has 100 valence electrons. The van der Waals surface area contributed by atoms with Crippen LogP contribution in [0.25, 0.3) is 0 Å². The van der Waals surface area contributed by atoms with Crippen molar-refractivity contribution < 1.29 is 4.74 Å². The van der Waals surface area contributed by atoms with E-state index >= 15 is 0 Å². The zero-order chi connectivity index (χ0) is 13.8. The van der Waals surface area contributed by atoms with Crippen LogP contribution in [-0.2, 0) is 6.54 Å². The Morgan fingerprint density at radius 1 is 1.11 bits per heavy atom. The van der Waals surface area contributed by atoms with Crippen molar-refractivity contribution in [2.75, 3.05) is 19.0 Å². The molecule has 2 aromatic carbocycles. The first kappa shape index (κ1) is 13.4. The molecule has 0 unspecified atom stereocenters. The first-order valence-electron chi connectivity index (χ1n) is 6.35. The maximum absolute atomic E-state index is 5.94. The minimum absolute atomic E-state index is 0.477. The Morgan fingerprint density at radius 3 is 2.58 bits per heavy atom. The Bertz CT molecular complexity index is 564. The molecule has 19 heavy (non-hydrogen) atoms. The summed E-state index contributed by atoms with van der Waals surface area (Å²) < 4.78 is 5.94. The van der Waals surface area contributed by atoms with Gasteiger partial charge in [-0.15, -0.1) is 0 Å². The van der Waals surface area contributed by atoms with Crippen LogP contribution < -0.4 is 15.4 Å². The fraction of sp³-hybridized carbons (Fsp3) is 0.250. The zero-order valence-electron chi connectivity index (χ0n) is 11.7. The van der Waals surface area contributed by atoms with Crippen LogP contribution >= 0.6 is 0 Å². The molecule has 0 fully saturated rings. The summed E-state index contributed by atoms with van der Waals surface area (Å²) >= 11 is 0. The van der Waals surface area contributed by atoms with Gasteiger partial charge in [0.25, 0.3) is 0 Å². The van der Waals surface area contributed by atoms with Gasteiger partial charge in [-0.1, -0.05) is 23.8 Å². The van der Waals surface area contributed by atoms with Gasteiger partial charge in [0.05, 0.1) is 0 Å². The maximum Gasteiger partial charge on any atom is 0.131 e.